The van der Waals surface area contributed by atoms with Crippen molar-refractivity contribution in [2.75, 3.05) is 6.61 Å². The molecule has 4 heteroatoms. The van der Waals surface area contributed by atoms with Gasteiger partial charge in [0.15, 0.2) is 0 Å². The van der Waals surface area contributed by atoms with E-state index in [0.29, 0.717) is 5.92 Å². The van der Waals surface area contributed by atoms with Gasteiger partial charge in [-0.3, -0.25) is 4.79 Å². The first kappa shape index (κ1) is 10.9. The smallest absolute Gasteiger partial charge is 0.330 e. The fraction of sp³-hybridized carbons (Fsp3) is 0.500. The molecule has 2 aliphatic rings. The summed E-state index contributed by atoms with van der Waals surface area (Å²) in [6, 6.07) is 0. The monoisotopic (exact) mass is 221 g/mol. The second kappa shape index (κ2) is 3.77. The number of allylic oxidation sites excluding steroid dienone is 1. The summed E-state index contributed by atoms with van der Waals surface area (Å²) in [5.74, 6) is -0.346. The second-order valence-corrected chi connectivity index (χ2v) is 4.45. The van der Waals surface area contributed by atoms with E-state index in [1.54, 1.807) is 0 Å². The zero-order chi connectivity index (χ0) is 11.8. The van der Waals surface area contributed by atoms with Gasteiger partial charge in [0.05, 0.1) is 5.41 Å². The van der Waals surface area contributed by atoms with Crippen molar-refractivity contribution in [3.63, 3.8) is 0 Å². The van der Waals surface area contributed by atoms with Crippen LogP contribution in [-0.4, -0.2) is 18.5 Å². The summed E-state index contributed by atoms with van der Waals surface area (Å²) in [4.78, 5) is 22.5. The topological polar surface area (TPSA) is 69.4 Å². The van der Waals surface area contributed by atoms with Crippen LogP contribution >= 0.6 is 0 Å². The molecule has 2 atom stereocenters. The summed E-state index contributed by atoms with van der Waals surface area (Å²) in [5, 5.41) is 0. The summed E-state index contributed by atoms with van der Waals surface area (Å²) >= 11 is 0. The number of carbonyl (C=O) groups excluding carboxylic acids is 2. The molecule has 2 aliphatic carbocycles. The minimum atomic E-state index is -0.549. The first-order valence-electron chi connectivity index (χ1n) is 5.39. The molecule has 0 saturated heterocycles. The van der Waals surface area contributed by atoms with E-state index in [2.05, 4.69) is 6.58 Å². The molecule has 2 unspecified atom stereocenters. The van der Waals surface area contributed by atoms with Gasteiger partial charge in [0.2, 0.25) is 5.91 Å². The highest BCUT2D eigenvalue weighted by molar-refractivity contribution is 5.86. The van der Waals surface area contributed by atoms with Crippen LogP contribution in [0.1, 0.15) is 19.3 Å². The maximum absolute atomic E-state index is 11.5. The van der Waals surface area contributed by atoms with Crippen LogP contribution in [0.15, 0.2) is 24.3 Å². The van der Waals surface area contributed by atoms with Gasteiger partial charge in [0.25, 0.3) is 0 Å². The van der Waals surface area contributed by atoms with E-state index in [9.17, 15) is 9.59 Å². The van der Waals surface area contributed by atoms with E-state index in [1.165, 1.54) is 0 Å². The summed E-state index contributed by atoms with van der Waals surface area (Å²) in [6.07, 6.45) is 5.71. The first-order chi connectivity index (χ1) is 7.58. The molecule has 2 bridgehead atoms. The number of esters is 1. The summed E-state index contributed by atoms with van der Waals surface area (Å²) < 4.78 is 4.97. The molecule has 2 N–H and O–H groups in total. The fourth-order valence-electron chi connectivity index (χ4n) is 2.74. The Morgan fingerprint density at radius 2 is 2.44 bits per heavy atom. The van der Waals surface area contributed by atoms with E-state index < -0.39 is 11.4 Å². The van der Waals surface area contributed by atoms with Gasteiger partial charge in [-0.25, -0.2) is 4.79 Å². The average molecular weight is 221 g/mol. The van der Waals surface area contributed by atoms with Crippen LogP contribution in [0.5, 0.6) is 0 Å². The lowest BCUT2D eigenvalue weighted by Crippen LogP contribution is -2.36. The van der Waals surface area contributed by atoms with Crippen LogP contribution < -0.4 is 5.73 Å². The van der Waals surface area contributed by atoms with Crippen LogP contribution in [-0.2, 0) is 14.3 Å². The molecule has 2 rings (SSSR count). The highest BCUT2D eigenvalue weighted by atomic mass is 16.5. The highest BCUT2D eigenvalue weighted by Gasteiger charge is 2.50. The molecule has 0 aromatic heterocycles. The summed E-state index contributed by atoms with van der Waals surface area (Å²) in [5.41, 5.74) is 5.78. The van der Waals surface area contributed by atoms with Crippen LogP contribution in [0, 0.1) is 11.3 Å². The first-order valence-corrected chi connectivity index (χ1v) is 5.39. The predicted octanol–water partition coefficient (Wildman–Crippen LogP) is 0.927. The predicted molar refractivity (Wildman–Crippen MR) is 58.2 cm³/mol. The third-order valence-electron chi connectivity index (χ3n) is 3.61. The number of hydrogen-bond acceptors (Lipinski definition) is 3. The quantitative estimate of drug-likeness (QED) is 0.436. The van der Waals surface area contributed by atoms with Gasteiger partial charge in [-0.15, -0.1) is 0 Å². The van der Waals surface area contributed by atoms with Crippen molar-refractivity contribution < 1.29 is 14.3 Å². The molecule has 1 fully saturated rings. The highest BCUT2D eigenvalue weighted by Crippen LogP contribution is 2.53. The lowest BCUT2D eigenvalue weighted by molar-refractivity contribution is -0.138. The van der Waals surface area contributed by atoms with E-state index >= 15 is 0 Å². The minimum absolute atomic E-state index is 0.157. The Balaban J connectivity index is 2.10. The third-order valence-corrected chi connectivity index (χ3v) is 3.61. The molecule has 0 aromatic carbocycles. The van der Waals surface area contributed by atoms with Crippen molar-refractivity contribution in [3.8, 4) is 0 Å². The van der Waals surface area contributed by atoms with Crippen molar-refractivity contribution in [1.82, 2.24) is 0 Å². The van der Waals surface area contributed by atoms with Crippen molar-refractivity contribution in [3.05, 3.63) is 24.3 Å². The minimum Gasteiger partial charge on any atom is -0.458 e. The Morgan fingerprint density at radius 1 is 1.69 bits per heavy atom. The van der Waals surface area contributed by atoms with Crippen molar-refractivity contribution in [2.45, 2.75) is 19.3 Å². The third kappa shape index (κ3) is 1.54. The van der Waals surface area contributed by atoms with Gasteiger partial charge in [0, 0.05) is 6.08 Å². The molecular weight excluding hydrogens is 206 g/mol. The van der Waals surface area contributed by atoms with Gasteiger partial charge in [0.1, 0.15) is 6.61 Å². The van der Waals surface area contributed by atoms with E-state index in [1.807, 2.05) is 6.08 Å². The van der Waals surface area contributed by atoms with Crippen LogP contribution in [0.2, 0.25) is 0 Å². The molecule has 0 aliphatic heterocycles. The van der Waals surface area contributed by atoms with Gasteiger partial charge in [-0.2, -0.15) is 0 Å². The number of amides is 1. The van der Waals surface area contributed by atoms with Gasteiger partial charge in [-0.1, -0.05) is 12.7 Å². The van der Waals surface area contributed by atoms with Crippen LogP contribution in [0.3, 0.4) is 0 Å². The Morgan fingerprint density at radius 3 is 3.00 bits per heavy atom. The lowest BCUT2D eigenvalue weighted by atomic mass is 9.80. The molecule has 0 radical (unpaired) electrons. The van der Waals surface area contributed by atoms with E-state index in [0.717, 1.165) is 30.9 Å². The van der Waals surface area contributed by atoms with Gasteiger partial charge >= 0.3 is 5.97 Å². The Kier molecular flexibility index (Phi) is 2.58. The van der Waals surface area contributed by atoms with Crippen molar-refractivity contribution in [2.24, 2.45) is 17.1 Å². The number of fused-ring (bicyclic) bond motifs is 2. The molecule has 1 saturated carbocycles. The number of nitrogens with two attached hydrogens (primary N) is 1. The summed E-state index contributed by atoms with van der Waals surface area (Å²) in [7, 11) is 0. The number of hydrogen-bond donors (Lipinski definition) is 1. The number of primary amides is 1. The van der Waals surface area contributed by atoms with E-state index in [-0.39, 0.29) is 12.5 Å². The lowest BCUT2D eigenvalue weighted by Gasteiger charge is -2.26. The standard InChI is InChI=1S/C12H15NO3/c1-2-10(14)16-7-9-5-8-3-4-12(9,6-8)11(13)15/h2,5,8H,1,3-4,6-7H2,(H2,13,15). The largest absolute Gasteiger partial charge is 0.458 e. The summed E-state index contributed by atoms with van der Waals surface area (Å²) in [6.45, 7) is 3.48. The zero-order valence-corrected chi connectivity index (χ0v) is 9.07. The molecule has 1 amide bonds. The number of carbonyl (C=O) groups is 2. The molecule has 16 heavy (non-hydrogen) atoms. The maximum Gasteiger partial charge on any atom is 0.330 e. The molecule has 0 heterocycles. The zero-order valence-electron chi connectivity index (χ0n) is 9.07. The Hall–Kier alpha value is -1.58. The van der Waals surface area contributed by atoms with Crippen LogP contribution in [0.4, 0.5) is 0 Å². The number of rotatable bonds is 4. The fourth-order valence-corrected chi connectivity index (χ4v) is 2.74. The Bertz CT molecular complexity index is 386. The SMILES string of the molecule is C=CC(=O)OCC1=CC2CCC1(C(N)=O)C2. The van der Waals surface area contributed by atoms with Crippen molar-refractivity contribution >= 4 is 11.9 Å². The Labute approximate surface area is 94.1 Å². The molecule has 0 spiro atoms. The van der Waals surface area contributed by atoms with Gasteiger partial charge in [-0.05, 0) is 30.8 Å². The van der Waals surface area contributed by atoms with E-state index in [4.69, 9.17) is 10.5 Å². The average Bonchev–Trinajstić information content (AvgIpc) is 2.84. The number of ether oxygens (including phenoxy) is 1. The molecule has 4 nitrogen and oxygen atoms in total. The van der Waals surface area contributed by atoms with Crippen molar-refractivity contribution in [1.29, 1.82) is 0 Å². The molecule has 0 aromatic rings. The van der Waals surface area contributed by atoms with Crippen LogP contribution in [0.25, 0.3) is 0 Å². The maximum atomic E-state index is 11.5. The molecular formula is C12H15NO3. The molecule has 86 valence electrons. The normalized spacial score (nSPS) is 31.0. The van der Waals surface area contributed by atoms with Gasteiger partial charge < -0.3 is 10.5 Å². The second-order valence-electron chi connectivity index (χ2n) is 4.45.